The van der Waals surface area contributed by atoms with E-state index in [1.54, 1.807) is 31.5 Å². The first-order chi connectivity index (χ1) is 8.76. The van der Waals surface area contributed by atoms with Crippen LogP contribution in [0.4, 0.5) is 0 Å². The van der Waals surface area contributed by atoms with Crippen molar-refractivity contribution in [1.29, 1.82) is 0 Å². The van der Waals surface area contributed by atoms with Crippen molar-refractivity contribution in [1.82, 2.24) is 9.55 Å². The predicted molar refractivity (Wildman–Crippen MR) is 67.7 cm³/mol. The molecule has 0 aliphatic heterocycles. The van der Waals surface area contributed by atoms with Crippen molar-refractivity contribution in [3.63, 3.8) is 0 Å². The van der Waals surface area contributed by atoms with Gasteiger partial charge in [-0.1, -0.05) is 12.1 Å². The van der Waals surface area contributed by atoms with Crippen molar-refractivity contribution in [3.05, 3.63) is 48.0 Å². The molecule has 0 atom stereocenters. The molecule has 0 unspecified atom stereocenters. The van der Waals surface area contributed by atoms with Crippen molar-refractivity contribution in [3.8, 4) is 5.75 Å². The van der Waals surface area contributed by atoms with Crippen molar-refractivity contribution in [2.75, 3.05) is 13.7 Å². The Kier molecular flexibility index (Phi) is 3.74. The summed E-state index contributed by atoms with van der Waals surface area (Å²) in [5.41, 5.74) is 6.77. The molecule has 2 aromatic rings. The van der Waals surface area contributed by atoms with Gasteiger partial charge in [0.25, 0.3) is 5.91 Å². The molecular formula is C13H15N3O2. The van der Waals surface area contributed by atoms with E-state index in [4.69, 9.17) is 10.5 Å². The Morgan fingerprint density at radius 2 is 2.22 bits per heavy atom. The van der Waals surface area contributed by atoms with Gasteiger partial charge in [-0.05, 0) is 18.7 Å². The zero-order valence-corrected chi connectivity index (χ0v) is 10.2. The summed E-state index contributed by atoms with van der Waals surface area (Å²) in [6, 6.07) is 7.10. The number of nitrogens with two attached hydrogens (primary N) is 1. The van der Waals surface area contributed by atoms with E-state index in [2.05, 4.69) is 4.98 Å². The summed E-state index contributed by atoms with van der Waals surface area (Å²) >= 11 is 0. The van der Waals surface area contributed by atoms with Gasteiger partial charge in [-0.2, -0.15) is 0 Å². The number of hydrogen-bond acceptors (Lipinski definition) is 4. The maximum Gasteiger partial charge on any atom is 0.266 e. The molecule has 0 aliphatic carbocycles. The lowest BCUT2D eigenvalue weighted by Crippen LogP contribution is -2.11. The molecule has 1 heterocycles. The van der Waals surface area contributed by atoms with Crippen LogP contribution >= 0.6 is 0 Å². The molecule has 5 heteroatoms. The van der Waals surface area contributed by atoms with E-state index in [1.165, 1.54) is 10.9 Å². The monoisotopic (exact) mass is 245 g/mol. The molecule has 0 amide bonds. The molecule has 0 spiro atoms. The number of rotatable bonds is 4. The summed E-state index contributed by atoms with van der Waals surface area (Å²) in [4.78, 5) is 16.4. The molecule has 0 saturated carbocycles. The average molecular weight is 245 g/mol. The number of nitrogens with zero attached hydrogens (tertiary/aromatic N) is 2. The molecule has 94 valence electrons. The summed E-state index contributed by atoms with van der Waals surface area (Å²) < 4.78 is 6.61. The zero-order valence-electron chi connectivity index (χ0n) is 10.2. The fourth-order valence-electron chi connectivity index (χ4n) is 1.71. The lowest BCUT2D eigenvalue weighted by atomic mass is 10.2. The molecule has 2 N–H and O–H groups in total. The number of aromatic nitrogens is 2. The molecule has 0 bridgehead atoms. The SMILES string of the molecule is COc1ccccc1C(=O)n1cnc(CCN)c1. The van der Waals surface area contributed by atoms with Gasteiger partial charge in [-0.25, -0.2) is 4.98 Å². The number of carbonyl (C=O) groups is 1. The van der Waals surface area contributed by atoms with Crippen LogP contribution in [0, 0.1) is 0 Å². The van der Waals surface area contributed by atoms with Crippen LogP contribution in [0.1, 0.15) is 16.1 Å². The molecule has 1 aromatic carbocycles. The second-order valence-corrected chi connectivity index (χ2v) is 3.82. The van der Waals surface area contributed by atoms with Gasteiger partial charge in [-0.3, -0.25) is 9.36 Å². The van der Waals surface area contributed by atoms with E-state index in [1.807, 2.05) is 6.07 Å². The Labute approximate surface area is 105 Å². The number of para-hydroxylation sites is 1. The van der Waals surface area contributed by atoms with Crippen molar-refractivity contribution in [2.24, 2.45) is 5.73 Å². The van der Waals surface area contributed by atoms with E-state index in [0.717, 1.165) is 5.69 Å². The summed E-state index contributed by atoms with van der Waals surface area (Å²) in [5, 5.41) is 0. The normalized spacial score (nSPS) is 10.3. The highest BCUT2D eigenvalue weighted by Gasteiger charge is 2.13. The second kappa shape index (κ2) is 5.46. The minimum atomic E-state index is -0.164. The zero-order chi connectivity index (χ0) is 13.0. The summed E-state index contributed by atoms with van der Waals surface area (Å²) in [6.07, 6.45) is 3.85. The standard InChI is InChI=1S/C13H15N3O2/c1-18-12-5-3-2-4-11(12)13(17)16-8-10(6-7-14)15-9-16/h2-5,8-9H,6-7,14H2,1H3. The lowest BCUT2D eigenvalue weighted by molar-refractivity contribution is 0.0956. The minimum absolute atomic E-state index is 0.164. The smallest absolute Gasteiger partial charge is 0.266 e. The molecule has 5 nitrogen and oxygen atoms in total. The summed E-state index contributed by atoms with van der Waals surface area (Å²) in [6.45, 7) is 0.514. The minimum Gasteiger partial charge on any atom is -0.496 e. The quantitative estimate of drug-likeness (QED) is 0.875. The first kappa shape index (κ1) is 12.3. The van der Waals surface area contributed by atoms with E-state index >= 15 is 0 Å². The number of carbonyl (C=O) groups excluding carboxylic acids is 1. The van der Waals surface area contributed by atoms with Crippen LogP contribution in [0.15, 0.2) is 36.8 Å². The Bertz CT molecular complexity index is 549. The highest BCUT2D eigenvalue weighted by atomic mass is 16.5. The Hall–Kier alpha value is -2.14. The number of hydrogen-bond donors (Lipinski definition) is 1. The van der Waals surface area contributed by atoms with Gasteiger partial charge in [0.1, 0.15) is 12.1 Å². The van der Waals surface area contributed by atoms with Crippen molar-refractivity contribution in [2.45, 2.75) is 6.42 Å². The molecule has 1 aromatic heterocycles. The van der Waals surface area contributed by atoms with Crippen LogP contribution in [-0.4, -0.2) is 29.1 Å². The Balaban J connectivity index is 2.29. The highest BCUT2D eigenvalue weighted by molar-refractivity contribution is 5.98. The Morgan fingerprint density at radius 3 is 2.94 bits per heavy atom. The van der Waals surface area contributed by atoms with E-state index in [0.29, 0.717) is 24.3 Å². The van der Waals surface area contributed by atoms with Gasteiger partial charge in [-0.15, -0.1) is 0 Å². The molecule has 18 heavy (non-hydrogen) atoms. The molecular weight excluding hydrogens is 230 g/mol. The fourth-order valence-corrected chi connectivity index (χ4v) is 1.71. The maximum absolute atomic E-state index is 12.3. The highest BCUT2D eigenvalue weighted by Crippen LogP contribution is 2.18. The van der Waals surface area contributed by atoms with Gasteiger partial charge in [0.15, 0.2) is 0 Å². The van der Waals surface area contributed by atoms with Gasteiger partial charge < -0.3 is 10.5 Å². The first-order valence-corrected chi connectivity index (χ1v) is 5.67. The van der Waals surface area contributed by atoms with Crippen molar-refractivity contribution >= 4 is 5.91 Å². The van der Waals surface area contributed by atoms with Crippen LogP contribution < -0.4 is 10.5 Å². The maximum atomic E-state index is 12.3. The topological polar surface area (TPSA) is 70.1 Å². The lowest BCUT2D eigenvalue weighted by Gasteiger charge is -2.06. The number of imidazole rings is 1. The van der Waals surface area contributed by atoms with Crippen LogP contribution in [0.5, 0.6) is 5.75 Å². The third kappa shape index (κ3) is 2.41. The molecule has 0 radical (unpaired) electrons. The third-order valence-corrected chi connectivity index (χ3v) is 2.61. The second-order valence-electron chi connectivity index (χ2n) is 3.82. The number of ether oxygens (including phenoxy) is 1. The van der Waals surface area contributed by atoms with Crippen LogP contribution in [0.2, 0.25) is 0 Å². The molecule has 2 rings (SSSR count). The summed E-state index contributed by atoms with van der Waals surface area (Å²) in [5.74, 6) is 0.389. The molecule has 0 fully saturated rings. The van der Waals surface area contributed by atoms with Crippen LogP contribution in [0.25, 0.3) is 0 Å². The van der Waals surface area contributed by atoms with E-state index in [-0.39, 0.29) is 5.91 Å². The summed E-state index contributed by atoms with van der Waals surface area (Å²) in [7, 11) is 1.54. The average Bonchev–Trinajstić information content (AvgIpc) is 2.87. The van der Waals surface area contributed by atoms with Gasteiger partial charge in [0.05, 0.1) is 18.4 Å². The van der Waals surface area contributed by atoms with Crippen LogP contribution in [-0.2, 0) is 6.42 Å². The van der Waals surface area contributed by atoms with Crippen molar-refractivity contribution < 1.29 is 9.53 Å². The van der Waals surface area contributed by atoms with E-state index < -0.39 is 0 Å². The number of methoxy groups -OCH3 is 1. The largest absolute Gasteiger partial charge is 0.496 e. The van der Waals surface area contributed by atoms with Crippen LogP contribution in [0.3, 0.4) is 0 Å². The third-order valence-electron chi connectivity index (χ3n) is 2.61. The van der Waals surface area contributed by atoms with E-state index in [9.17, 15) is 4.79 Å². The molecule has 0 aliphatic rings. The van der Waals surface area contributed by atoms with Gasteiger partial charge >= 0.3 is 0 Å². The van der Waals surface area contributed by atoms with Gasteiger partial charge in [0, 0.05) is 12.6 Å². The number of benzene rings is 1. The van der Waals surface area contributed by atoms with Gasteiger partial charge in [0.2, 0.25) is 0 Å². The first-order valence-electron chi connectivity index (χ1n) is 5.67. The fraction of sp³-hybridized carbons (Fsp3) is 0.231. The predicted octanol–water partition coefficient (Wildman–Crippen LogP) is 1.08. The Morgan fingerprint density at radius 1 is 1.44 bits per heavy atom. The molecule has 0 saturated heterocycles.